The second-order valence-electron chi connectivity index (χ2n) is 4.93. The molecule has 0 amide bonds. The van der Waals surface area contributed by atoms with Crippen LogP contribution >= 0.6 is 28.1 Å². The molecule has 2 aromatic carbocycles. The van der Waals surface area contributed by atoms with E-state index in [4.69, 9.17) is 12.2 Å². The second-order valence-corrected chi connectivity index (χ2v) is 6.25. The molecule has 21 heavy (non-hydrogen) atoms. The summed E-state index contributed by atoms with van der Waals surface area (Å²) in [7, 11) is 0. The average molecular weight is 363 g/mol. The van der Waals surface area contributed by atoms with E-state index in [1.54, 1.807) is 0 Å². The molecule has 2 N–H and O–H groups in total. The predicted octanol–water partition coefficient (Wildman–Crippen LogP) is 5.20. The van der Waals surface area contributed by atoms with Gasteiger partial charge in [0.05, 0.1) is 6.04 Å². The van der Waals surface area contributed by atoms with Crippen molar-refractivity contribution in [3.8, 4) is 0 Å². The van der Waals surface area contributed by atoms with Crippen LogP contribution in [0, 0.1) is 6.92 Å². The first-order valence-corrected chi connectivity index (χ1v) is 8.19. The van der Waals surface area contributed by atoms with E-state index in [0.717, 1.165) is 16.6 Å². The van der Waals surface area contributed by atoms with E-state index >= 15 is 0 Å². The minimum absolute atomic E-state index is 0.221. The number of halogens is 1. The molecule has 0 aromatic heterocycles. The number of rotatable bonds is 4. The second kappa shape index (κ2) is 7.57. The third-order valence-corrected chi connectivity index (χ3v) is 4.07. The van der Waals surface area contributed by atoms with Gasteiger partial charge in [-0.05, 0) is 54.9 Å². The molecule has 0 fully saturated rings. The Morgan fingerprint density at radius 2 is 1.95 bits per heavy atom. The zero-order valence-corrected chi connectivity index (χ0v) is 14.6. The summed E-state index contributed by atoms with van der Waals surface area (Å²) in [6.07, 6.45) is 0.977. The van der Waals surface area contributed by atoms with Crippen LogP contribution in [-0.2, 0) is 0 Å². The zero-order chi connectivity index (χ0) is 15.2. The van der Waals surface area contributed by atoms with Crippen molar-refractivity contribution in [1.82, 2.24) is 5.32 Å². The Kier molecular flexibility index (Phi) is 5.76. The highest BCUT2D eigenvalue weighted by Gasteiger charge is 2.12. The molecule has 0 bridgehead atoms. The van der Waals surface area contributed by atoms with E-state index in [2.05, 4.69) is 64.7 Å². The van der Waals surface area contributed by atoms with Gasteiger partial charge in [-0.3, -0.25) is 0 Å². The maximum atomic E-state index is 5.43. The van der Waals surface area contributed by atoms with Crippen molar-refractivity contribution >= 4 is 38.9 Å². The Morgan fingerprint density at radius 1 is 1.19 bits per heavy atom. The first-order chi connectivity index (χ1) is 10.1. The lowest BCUT2D eigenvalue weighted by atomic mass is 10.00. The molecule has 110 valence electrons. The summed E-state index contributed by atoms with van der Waals surface area (Å²) < 4.78 is 1.03. The van der Waals surface area contributed by atoms with Crippen molar-refractivity contribution < 1.29 is 0 Å². The van der Waals surface area contributed by atoms with E-state index in [1.165, 1.54) is 11.1 Å². The van der Waals surface area contributed by atoms with Crippen LogP contribution < -0.4 is 10.6 Å². The van der Waals surface area contributed by atoms with Crippen molar-refractivity contribution in [2.75, 3.05) is 5.32 Å². The van der Waals surface area contributed by atoms with E-state index in [1.807, 2.05) is 24.3 Å². The molecule has 0 saturated carbocycles. The Hall–Kier alpha value is -1.39. The molecule has 0 aliphatic heterocycles. The number of hydrogen-bond acceptors (Lipinski definition) is 1. The van der Waals surface area contributed by atoms with Crippen molar-refractivity contribution in [2.24, 2.45) is 0 Å². The molecule has 0 aliphatic rings. The zero-order valence-electron chi connectivity index (χ0n) is 12.2. The van der Waals surface area contributed by atoms with Crippen LogP contribution in [0.5, 0.6) is 0 Å². The van der Waals surface area contributed by atoms with Crippen LogP contribution in [0.25, 0.3) is 0 Å². The molecule has 0 radical (unpaired) electrons. The summed E-state index contributed by atoms with van der Waals surface area (Å²) in [6, 6.07) is 16.6. The summed E-state index contributed by atoms with van der Waals surface area (Å²) in [5.41, 5.74) is 3.54. The van der Waals surface area contributed by atoms with Gasteiger partial charge in [-0.2, -0.15) is 0 Å². The Balaban J connectivity index is 2.05. The molecule has 2 aromatic rings. The molecule has 1 atom stereocenters. The van der Waals surface area contributed by atoms with Gasteiger partial charge in [-0.15, -0.1) is 0 Å². The van der Waals surface area contributed by atoms with Gasteiger partial charge in [0.25, 0.3) is 0 Å². The molecular formula is C17H19BrN2S. The Morgan fingerprint density at radius 3 is 2.62 bits per heavy atom. The van der Waals surface area contributed by atoms with Crippen LogP contribution in [0.1, 0.15) is 30.5 Å². The maximum Gasteiger partial charge on any atom is 0.171 e. The van der Waals surface area contributed by atoms with Gasteiger partial charge in [0.15, 0.2) is 5.11 Å². The van der Waals surface area contributed by atoms with E-state index < -0.39 is 0 Å². The van der Waals surface area contributed by atoms with Gasteiger partial charge in [0.2, 0.25) is 0 Å². The van der Waals surface area contributed by atoms with E-state index in [0.29, 0.717) is 5.11 Å². The maximum absolute atomic E-state index is 5.43. The number of anilines is 1. The van der Waals surface area contributed by atoms with Crippen molar-refractivity contribution in [1.29, 1.82) is 0 Å². The van der Waals surface area contributed by atoms with Crippen LogP contribution in [0.2, 0.25) is 0 Å². The fourth-order valence-electron chi connectivity index (χ4n) is 2.27. The summed E-state index contributed by atoms with van der Waals surface area (Å²) in [4.78, 5) is 0. The van der Waals surface area contributed by atoms with Crippen LogP contribution in [0.3, 0.4) is 0 Å². The largest absolute Gasteiger partial charge is 0.356 e. The fraction of sp³-hybridized carbons (Fsp3) is 0.235. The van der Waals surface area contributed by atoms with Gasteiger partial charge >= 0.3 is 0 Å². The average Bonchev–Trinajstić information content (AvgIpc) is 2.45. The summed E-state index contributed by atoms with van der Waals surface area (Å²) >= 11 is 8.89. The minimum atomic E-state index is 0.221. The van der Waals surface area contributed by atoms with Gasteiger partial charge in [0.1, 0.15) is 0 Å². The molecule has 0 unspecified atom stereocenters. The normalized spacial score (nSPS) is 11.8. The molecular weight excluding hydrogens is 344 g/mol. The first-order valence-electron chi connectivity index (χ1n) is 6.98. The third-order valence-electron chi connectivity index (χ3n) is 3.36. The molecule has 0 aliphatic carbocycles. The molecule has 4 heteroatoms. The van der Waals surface area contributed by atoms with E-state index in [9.17, 15) is 0 Å². The highest BCUT2D eigenvalue weighted by Crippen LogP contribution is 2.21. The quantitative estimate of drug-likeness (QED) is 0.731. The highest BCUT2D eigenvalue weighted by molar-refractivity contribution is 9.10. The predicted molar refractivity (Wildman–Crippen MR) is 97.7 cm³/mol. The number of thiocarbonyl (C=S) groups is 1. The summed E-state index contributed by atoms with van der Waals surface area (Å²) in [6.45, 7) is 4.29. The smallest absolute Gasteiger partial charge is 0.171 e. The standard InChI is InChI=1S/C17H19BrN2S/c1-3-16(15-10-5-4-7-12(15)2)20-17(21)19-14-9-6-8-13(18)11-14/h4-11,16H,3H2,1-2H3,(H2,19,20,21)/t16-/m0/s1. The minimum Gasteiger partial charge on any atom is -0.356 e. The number of aryl methyl sites for hydroxylation is 1. The number of benzene rings is 2. The molecule has 0 heterocycles. The van der Waals surface area contributed by atoms with Gasteiger partial charge < -0.3 is 10.6 Å². The topological polar surface area (TPSA) is 24.1 Å². The third kappa shape index (κ3) is 4.55. The SMILES string of the molecule is CC[C@H](NC(=S)Nc1cccc(Br)c1)c1ccccc1C. The lowest BCUT2D eigenvalue weighted by Crippen LogP contribution is -2.32. The Bertz CT molecular complexity index is 628. The lowest BCUT2D eigenvalue weighted by molar-refractivity contribution is 0.625. The first kappa shape index (κ1) is 16.0. The molecule has 0 spiro atoms. The van der Waals surface area contributed by atoms with Gasteiger partial charge in [0, 0.05) is 10.2 Å². The monoisotopic (exact) mass is 362 g/mol. The van der Waals surface area contributed by atoms with Crippen LogP contribution in [-0.4, -0.2) is 5.11 Å². The van der Waals surface area contributed by atoms with Crippen molar-refractivity contribution in [2.45, 2.75) is 26.3 Å². The summed E-state index contributed by atoms with van der Waals surface area (Å²) in [5, 5.41) is 7.27. The summed E-state index contributed by atoms with van der Waals surface area (Å²) in [5.74, 6) is 0. The molecule has 0 saturated heterocycles. The van der Waals surface area contributed by atoms with E-state index in [-0.39, 0.29) is 6.04 Å². The van der Waals surface area contributed by atoms with Crippen LogP contribution in [0.15, 0.2) is 53.0 Å². The van der Waals surface area contributed by atoms with Crippen LogP contribution in [0.4, 0.5) is 5.69 Å². The van der Waals surface area contributed by atoms with Crippen molar-refractivity contribution in [3.05, 3.63) is 64.1 Å². The lowest BCUT2D eigenvalue weighted by Gasteiger charge is -2.21. The fourth-order valence-corrected chi connectivity index (χ4v) is 2.93. The van der Waals surface area contributed by atoms with Gasteiger partial charge in [-0.1, -0.05) is 53.2 Å². The molecule has 2 nitrogen and oxygen atoms in total. The van der Waals surface area contributed by atoms with Gasteiger partial charge in [-0.25, -0.2) is 0 Å². The Labute approximate surface area is 140 Å². The number of hydrogen-bond donors (Lipinski definition) is 2. The number of nitrogens with one attached hydrogen (secondary N) is 2. The van der Waals surface area contributed by atoms with Crippen molar-refractivity contribution in [3.63, 3.8) is 0 Å². The highest BCUT2D eigenvalue weighted by atomic mass is 79.9. The molecule has 2 rings (SSSR count).